The van der Waals surface area contributed by atoms with E-state index in [4.69, 9.17) is 5.73 Å². The summed E-state index contributed by atoms with van der Waals surface area (Å²) in [5.74, 6) is 0.109. The van der Waals surface area contributed by atoms with Gasteiger partial charge in [0.2, 0.25) is 0 Å². The van der Waals surface area contributed by atoms with Gasteiger partial charge in [0, 0.05) is 13.6 Å². The van der Waals surface area contributed by atoms with Crippen LogP contribution in [0.5, 0.6) is 0 Å². The lowest BCUT2D eigenvalue weighted by Gasteiger charge is -2.38. The Kier molecular flexibility index (Phi) is 4.49. The van der Waals surface area contributed by atoms with E-state index in [1.807, 2.05) is 0 Å². The fourth-order valence-electron chi connectivity index (χ4n) is 2.40. The predicted molar refractivity (Wildman–Crippen MR) is 83.2 cm³/mol. The Balaban J connectivity index is 2.02. The molecule has 4 N–H and O–H groups in total. The number of nitrogens with two attached hydrogens (primary N) is 1. The van der Waals surface area contributed by atoms with Crippen LogP contribution >= 0.6 is 11.5 Å². The van der Waals surface area contributed by atoms with E-state index in [1.165, 1.54) is 11.5 Å². The SMILES string of the molecule is CNC(=O)c1c(N)nsc1NCC1(C)CCN(C)CC1. The van der Waals surface area contributed by atoms with Gasteiger partial charge in [0.05, 0.1) is 0 Å². The molecule has 1 aliphatic heterocycles. The van der Waals surface area contributed by atoms with Crippen molar-refractivity contribution in [2.75, 3.05) is 44.8 Å². The number of aromatic nitrogens is 1. The van der Waals surface area contributed by atoms with Crippen molar-refractivity contribution >= 4 is 28.3 Å². The molecule has 0 unspecified atom stereocenters. The highest BCUT2D eigenvalue weighted by molar-refractivity contribution is 7.11. The molecule has 0 saturated carbocycles. The van der Waals surface area contributed by atoms with Gasteiger partial charge in [-0.25, -0.2) is 0 Å². The number of anilines is 2. The van der Waals surface area contributed by atoms with Gasteiger partial charge in [-0.05, 0) is 49.9 Å². The lowest BCUT2D eigenvalue weighted by atomic mass is 9.80. The molecule has 1 aliphatic rings. The number of likely N-dealkylation sites (tertiary alicyclic amines) is 1. The third kappa shape index (κ3) is 3.21. The Labute approximate surface area is 123 Å². The topological polar surface area (TPSA) is 83.3 Å². The number of rotatable bonds is 4. The minimum atomic E-state index is -0.188. The maximum absolute atomic E-state index is 11.8. The molecular formula is C13H23N5OS. The molecule has 1 fully saturated rings. The second-order valence-electron chi connectivity index (χ2n) is 5.82. The Morgan fingerprint density at radius 1 is 1.50 bits per heavy atom. The molecule has 1 aromatic rings. The molecule has 6 nitrogen and oxygen atoms in total. The molecule has 20 heavy (non-hydrogen) atoms. The number of amides is 1. The van der Waals surface area contributed by atoms with Crippen LogP contribution in [0, 0.1) is 5.41 Å². The first kappa shape index (κ1) is 15.1. The smallest absolute Gasteiger partial charge is 0.257 e. The highest BCUT2D eigenvalue weighted by Crippen LogP contribution is 2.33. The van der Waals surface area contributed by atoms with E-state index in [2.05, 4.69) is 33.9 Å². The number of piperidine rings is 1. The van der Waals surface area contributed by atoms with Crippen molar-refractivity contribution in [3.05, 3.63) is 5.56 Å². The lowest BCUT2D eigenvalue weighted by Crippen LogP contribution is -2.40. The molecular weight excluding hydrogens is 274 g/mol. The van der Waals surface area contributed by atoms with E-state index in [0.29, 0.717) is 11.4 Å². The number of hydrogen-bond donors (Lipinski definition) is 3. The van der Waals surface area contributed by atoms with Crippen LogP contribution in [0.2, 0.25) is 0 Å². The van der Waals surface area contributed by atoms with E-state index in [1.54, 1.807) is 7.05 Å². The summed E-state index contributed by atoms with van der Waals surface area (Å²) in [7, 11) is 3.75. The van der Waals surface area contributed by atoms with Gasteiger partial charge < -0.3 is 21.3 Å². The monoisotopic (exact) mass is 297 g/mol. The van der Waals surface area contributed by atoms with Crippen molar-refractivity contribution in [3.63, 3.8) is 0 Å². The van der Waals surface area contributed by atoms with Gasteiger partial charge in [-0.2, -0.15) is 4.37 Å². The van der Waals surface area contributed by atoms with Gasteiger partial charge in [0.1, 0.15) is 10.6 Å². The summed E-state index contributed by atoms with van der Waals surface area (Å²) in [6.45, 7) is 5.36. The van der Waals surface area contributed by atoms with Crippen molar-refractivity contribution < 1.29 is 4.79 Å². The summed E-state index contributed by atoms with van der Waals surface area (Å²) in [6, 6.07) is 0. The zero-order valence-electron chi connectivity index (χ0n) is 12.3. The van der Waals surface area contributed by atoms with E-state index in [0.717, 1.165) is 37.5 Å². The molecule has 0 aliphatic carbocycles. The average molecular weight is 297 g/mol. The molecule has 112 valence electrons. The normalized spacial score (nSPS) is 18.8. The van der Waals surface area contributed by atoms with Crippen molar-refractivity contribution in [1.82, 2.24) is 14.6 Å². The van der Waals surface area contributed by atoms with Gasteiger partial charge >= 0.3 is 0 Å². The molecule has 7 heteroatoms. The van der Waals surface area contributed by atoms with E-state index in [9.17, 15) is 4.79 Å². The minimum Gasteiger partial charge on any atom is -0.382 e. The van der Waals surface area contributed by atoms with E-state index in [-0.39, 0.29) is 11.3 Å². The standard InChI is InChI=1S/C13H23N5OS/c1-13(4-6-18(3)7-5-13)8-16-12-9(11(19)15-2)10(14)17-20-12/h16H,4-8H2,1-3H3,(H2,14,17)(H,15,19). The fourth-order valence-corrected chi connectivity index (χ4v) is 3.10. The number of carbonyl (C=O) groups excluding carboxylic acids is 1. The number of carbonyl (C=O) groups is 1. The van der Waals surface area contributed by atoms with E-state index < -0.39 is 0 Å². The quantitative estimate of drug-likeness (QED) is 0.778. The van der Waals surface area contributed by atoms with Crippen molar-refractivity contribution in [3.8, 4) is 0 Å². The second-order valence-corrected chi connectivity index (χ2v) is 6.59. The Morgan fingerprint density at radius 3 is 2.75 bits per heavy atom. The van der Waals surface area contributed by atoms with Crippen LogP contribution < -0.4 is 16.4 Å². The summed E-state index contributed by atoms with van der Waals surface area (Å²) in [4.78, 5) is 14.2. The maximum Gasteiger partial charge on any atom is 0.257 e. The maximum atomic E-state index is 11.8. The number of nitrogens with zero attached hydrogens (tertiary/aromatic N) is 2. The first-order valence-corrected chi connectivity index (χ1v) is 7.62. The van der Waals surface area contributed by atoms with Crippen LogP contribution in [0.3, 0.4) is 0 Å². The van der Waals surface area contributed by atoms with Crippen LogP contribution in [-0.4, -0.2) is 48.9 Å². The van der Waals surface area contributed by atoms with Crippen LogP contribution in [0.25, 0.3) is 0 Å². The Hall–Kier alpha value is -1.34. The Morgan fingerprint density at radius 2 is 2.15 bits per heavy atom. The highest BCUT2D eigenvalue weighted by Gasteiger charge is 2.29. The summed E-state index contributed by atoms with van der Waals surface area (Å²) >= 11 is 1.25. The molecule has 1 saturated heterocycles. The van der Waals surface area contributed by atoms with E-state index >= 15 is 0 Å². The summed E-state index contributed by atoms with van der Waals surface area (Å²) in [5, 5.41) is 6.74. The van der Waals surface area contributed by atoms with Crippen LogP contribution in [0.4, 0.5) is 10.8 Å². The second kappa shape index (κ2) is 5.97. The molecule has 0 atom stereocenters. The van der Waals surface area contributed by atoms with Gasteiger partial charge in [-0.1, -0.05) is 6.92 Å². The number of hydrogen-bond acceptors (Lipinski definition) is 6. The third-order valence-electron chi connectivity index (χ3n) is 4.04. The molecule has 0 bridgehead atoms. The third-order valence-corrected chi connectivity index (χ3v) is 4.86. The zero-order chi connectivity index (χ0) is 14.8. The number of nitrogens with one attached hydrogen (secondary N) is 2. The van der Waals surface area contributed by atoms with Crippen molar-refractivity contribution in [2.24, 2.45) is 5.41 Å². The molecule has 1 amide bonds. The summed E-state index contributed by atoms with van der Waals surface area (Å²) < 4.78 is 4.07. The summed E-state index contributed by atoms with van der Waals surface area (Å²) in [6.07, 6.45) is 2.31. The number of nitrogen functional groups attached to an aromatic ring is 1. The fraction of sp³-hybridized carbons (Fsp3) is 0.692. The van der Waals surface area contributed by atoms with Gasteiger partial charge in [-0.3, -0.25) is 4.79 Å². The lowest BCUT2D eigenvalue weighted by molar-refractivity contribution is 0.0964. The minimum absolute atomic E-state index is 0.188. The van der Waals surface area contributed by atoms with Crippen LogP contribution in [0.1, 0.15) is 30.1 Å². The van der Waals surface area contributed by atoms with Crippen molar-refractivity contribution in [1.29, 1.82) is 0 Å². The van der Waals surface area contributed by atoms with Crippen molar-refractivity contribution in [2.45, 2.75) is 19.8 Å². The van der Waals surface area contributed by atoms with Gasteiger partial charge in [-0.15, -0.1) is 0 Å². The van der Waals surface area contributed by atoms with Crippen LogP contribution in [-0.2, 0) is 0 Å². The average Bonchev–Trinajstić information content (AvgIpc) is 2.81. The van der Waals surface area contributed by atoms with Gasteiger partial charge in [0.15, 0.2) is 5.82 Å². The zero-order valence-corrected chi connectivity index (χ0v) is 13.1. The molecule has 2 rings (SSSR count). The summed E-state index contributed by atoms with van der Waals surface area (Å²) in [5.41, 5.74) is 6.49. The largest absolute Gasteiger partial charge is 0.382 e. The van der Waals surface area contributed by atoms with Crippen LogP contribution in [0.15, 0.2) is 0 Å². The Bertz CT molecular complexity index is 479. The molecule has 0 radical (unpaired) electrons. The molecule has 0 spiro atoms. The first-order chi connectivity index (χ1) is 9.45. The molecule has 1 aromatic heterocycles. The van der Waals surface area contributed by atoms with Gasteiger partial charge in [0.25, 0.3) is 5.91 Å². The first-order valence-electron chi connectivity index (χ1n) is 6.85. The molecule has 0 aromatic carbocycles. The highest BCUT2D eigenvalue weighted by atomic mass is 32.1. The molecule has 2 heterocycles. The predicted octanol–water partition coefficient (Wildman–Crippen LogP) is 1.23.